The molecule has 0 spiro atoms. The molecule has 1 aromatic heterocycles. The van der Waals surface area contributed by atoms with Crippen LogP contribution in [0, 0.1) is 0 Å². The number of piperidine rings is 1. The van der Waals surface area contributed by atoms with Gasteiger partial charge in [-0.15, -0.1) is 0 Å². The third-order valence-electron chi connectivity index (χ3n) is 4.30. The molecule has 24 heavy (non-hydrogen) atoms. The summed E-state index contributed by atoms with van der Waals surface area (Å²) in [4.78, 5) is 19.5. The van der Waals surface area contributed by atoms with E-state index in [-0.39, 0.29) is 12.0 Å². The fourth-order valence-electron chi connectivity index (χ4n) is 2.93. The minimum absolute atomic E-state index is 0.0579. The molecule has 0 aliphatic carbocycles. The first-order chi connectivity index (χ1) is 11.7. The zero-order valence-electron chi connectivity index (χ0n) is 13.9. The first kappa shape index (κ1) is 16.9. The first-order valence-corrected chi connectivity index (χ1v) is 9.19. The Hall–Kier alpha value is -1.92. The topological polar surface area (TPSA) is 68.5 Å². The Morgan fingerprint density at radius 1 is 1.33 bits per heavy atom. The van der Waals surface area contributed by atoms with E-state index in [2.05, 4.69) is 17.1 Å². The van der Waals surface area contributed by atoms with Gasteiger partial charge in [0.1, 0.15) is 4.88 Å². The molecule has 1 aromatic carbocycles. The largest absolute Gasteiger partial charge is 0.375 e. The van der Waals surface area contributed by atoms with E-state index >= 15 is 0 Å². The fourth-order valence-corrected chi connectivity index (χ4v) is 3.82. The van der Waals surface area contributed by atoms with Crippen LogP contribution in [0.15, 0.2) is 30.3 Å². The van der Waals surface area contributed by atoms with Crippen molar-refractivity contribution in [3.05, 3.63) is 46.5 Å². The maximum Gasteiger partial charge on any atom is 0.265 e. The highest BCUT2D eigenvalue weighted by Gasteiger charge is 2.27. The molecule has 6 heteroatoms. The smallest absolute Gasteiger partial charge is 0.265 e. The second-order valence-electron chi connectivity index (χ2n) is 5.97. The molecule has 1 amide bonds. The fraction of sp³-hybridized carbons (Fsp3) is 0.444. The summed E-state index contributed by atoms with van der Waals surface area (Å²) < 4.78 is 5.98. The summed E-state index contributed by atoms with van der Waals surface area (Å²) in [6.45, 7) is 4.07. The normalized spacial score (nSPS) is 15.6. The first-order valence-electron chi connectivity index (χ1n) is 8.37. The lowest BCUT2D eigenvalue weighted by atomic mass is 10.1. The lowest BCUT2D eigenvalue weighted by molar-refractivity contribution is -0.000295. The van der Waals surface area contributed by atoms with Gasteiger partial charge in [0, 0.05) is 13.1 Å². The van der Waals surface area contributed by atoms with Crippen molar-refractivity contribution in [2.45, 2.75) is 38.9 Å². The van der Waals surface area contributed by atoms with Crippen LogP contribution in [0.4, 0.5) is 5.13 Å². The van der Waals surface area contributed by atoms with Crippen LogP contribution < -0.4 is 5.73 Å². The Kier molecular flexibility index (Phi) is 5.48. The molecule has 0 unspecified atom stereocenters. The summed E-state index contributed by atoms with van der Waals surface area (Å²) in [6.07, 6.45) is 2.68. The lowest BCUT2D eigenvalue weighted by Gasteiger charge is -2.31. The highest BCUT2D eigenvalue weighted by atomic mass is 32.1. The van der Waals surface area contributed by atoms with Gasteiger partial charge in [-0.2, -0.15) is 0 Å². The van der Waals surface area contributed by atoms with Crippen LogP contribution in [-0.2, 0) is 17.8 Å². The number of carbonyl (C=O) groups excluding carboxylic acids is 1. The van der Waals surface area contributed by atoms with Gasteiger partial charge in [-0.25, -0.2) is 4.98 Å². The Labute approximate surface area is 146 Å². The van der Waals surface area contributed by atoms with Gasteiger partial charge in [0.2, 0.25) is 0 Å². The third-order valence-corrected chi connectivity index (χ3v) is 5.22. The summed E-state index contributed by atoms with van der Waals surface area (Å²) in [5, 5.41) is 0.469. The number of nitrogens with two attached hydrogens (primary N) is 1. The predicted molar refractivity (Wildman–Crippen MR) is 96.1 cm³/mol. The van der Waals surface area contributed by atoms with Gasteiger partial charge < -0.3 is 15.4 Å². The molecule has 128 valence electrons. The maximum absolute atomic E-state index is 12.7. The van der Waals surface area contributed by atoms with Crippen molar-refractivity contribution in [2.75, 3.05) is 18.8 Å². The average Bonchev–Trinajstić information content (AvgIpc) is 3.01. The Morgan fingerprint density at radius 3 is 2.71 bits per heavy atom. The molecule has 5 nitrogen and oxygen atoms in total. The molecular formula is C18H23N3O2S. The molecule has 1 saturated heterocycles. The van der Waals surface area contributed by atoms with Crippen LogP contribution in [0.5, 0.6) is 0 Å². The van der Waals surface area contributed by atoms with Gasteiger partial charge in [0.15, 0.2) is 5.13 Å². The maximum atomic E-state index is 12.7. The van der Waals surface area contributed by atoms with Gasteiger partial charge in [-0.05, 0) is 24.8 Å². The number of nitrogens with zero attached hydrogens (tertiary/aromatic N) is 2. The second-order valence-corrected chi connectivity index (χ2v) is 7.00. The number of benzene rings is 1. The number of aromatic nitrogens is 1. The van der Waals surface area contributed by atoms with Crippen molar-refractivity contribution in [3.8, 4) is 0 Å². The number of hydrogen-bond donors (Lipinski definition) is 1. The van der Waals surface area contributed by atoms with Gasteiger partial charge in [0.05, 0.1) is 18.4 Å². The van der Waals surface area contributed by atoms with E-state index in [4.69, 9.17) is 10.5 Å². The number of rotatable bonds is 5. The molecule has 0 bridgehead atoms. The van der Waals surface area contributed by atoms with Crippen LogP contribution in [0.3, 0.4) is 0 Å². The number of hydrogen-bond acceptors (Lipinski definition) is 5. The van der Waals surface area contributed by atoms with Crippen LogP contribution in [0.1, 0.15) is 40.7 Å². The molecule has 0 radical (unpaired) electrons. The quantitative estimate of drug-likeness (QED) is 0.904. The Balaban J connectivity index is 1.52. The number of carbonyl (C=O) groups is 1. The van der Waals surface area contributed by atoms with Crippen molar-refractivity contribution in [3.63, 3.8) is 0 Å². The van der Waals surface area contributed by atoms with Crippen LogP contribution in [0.25, 0.3) is 0 Å². The van der Waals surface area contributed by atoms with E-state index in [9.17, 15) is 4.79 Å². The highest BCUT2D eigenvalue weighted by Crippen LogP contribution is 2.25. The van der Waals surface area contributed by atoms with Crippen molar-refractivity contribution >= 4 is 22.4 Å². The number of likely N-dealkylation sites (tertiary alicyclic amines) is 1. The molecule has 2 heterocycles. The average molecular weight is 345 g/mol. The summed E-state index contributed by atoms with van der Waals surface area (Å²) in [5.41, 5.74) is 7.75. The van der Waals surface area contributed by atoms with Crippen LogP contribution >= 0.6 is 11.3 Å². The summed E-state index contributed by atoms with van der Waals surface area (Å²) in [6, 6.07) is 10.2. The second kappa shape index (κ2) is 7.77. The molecule has 3 rings (SSSR count). The van der Waals surface area contributed by atoms with E-state index in [0.29, 0.717) is 16.6 Å². The van der Waals surface area contributed by atoms with E-state index in [1.807, 2.05) is 30.0 Å². The van der Waals surface area contributed by atoms with Gasteiger partial charge in [-0.3, -0.25) is 4.79 Å². The number of nitrogen functional groups attached to an aromatic ring is 1. The standard InChI is InChI=1S/C18H23N3O2S/c1-2-15-16(24-18(19)20-15)17(22)21-10-8-14(9-11-21)23-12-13-6-4-3-5-7-13/h3-7,14H,2,8-12H2,1H3,(H2,19,20). The number of aryl methyl sites for hydroxylation is 1. The Bertz CT molecular complexity index is 679. The van der Waals surface area contributed by atoms with Crippen molar-refractivity contribution in [1.29, 1.82) is 0 Å². The molecule has 1 aliphatic rings. The van der Waals surface area contributed by atoms with Crippen LogP contribution in [0.2, 0.25) is 0 Å². The molecular weight excluding hydrogens is 322 g/mol. The van der Waals surface area contributed by atoms with Crippen molar-refractivity contribution in [2.24, 2.45) is 0 Å². The summed E-state index contributed by atoms with van der Waals surface area (Å²) >= 11 is 1.29. The Morgan fingerprint density at radius 2 is 2.04 bits per heavy atom. The molecule has 1 aliphatic heterocycles. The van der Waals surface area contributed by atoms with Crippen LogP contribution in [-0.4, -0.2) is 35.0 Å². The van der Waals surface area contributed by atoms with E-state index in [1.165, 1.54) is 16.9 Å². The summed E-state index contributed by atoms with van der Waals surface area (Å²) in [5.74, 6) is 0.0579. The molecule has 0 saturated carbocycles. The monoisotopic (exact) mass is 345 g/mol. The van der Waals surface area contributed by atoms with Crippen molar-refractivity contribution in [1.82, 2.24) is 9.88 Å². The van der Waals surface area contributed by atoms with Gasteiger partial charge in [0.25, 0.3) is 5.91 Å². The number of thiazole rings is 1. The predicted octanol–water partition coefficient (Wildman–Crippen LogP) is 3.11. The molecule has 2 N–H and O–H groups in total. The zero-order valence-corrected chi connectivity index (χ0v) is 14.7. The molecule has 1 fully saturated rings. The minimum Gasteiger partial charge on any atom is -0.375 e. The number of ether oxygens (including phenoxy) is 1. The van der Waals surface area contributed by atoms with Gasteiger partial charge in [-0.1, -0.05) is 48.6 Å². The number of amides is 1. The van der Waals surface area contributed by atoms with E-state index in [0.717, 1.165) is 38.0 Å². The molecule has 2 aromatic rings. The minimum atomic E-state index is 0.0579. The number of anilines is 1. The lowest BCUT2D eigenvalue weighted by Crippen LogP contribution is -2.40. The SMILES string of the molecule is CCc1nc(N)sc1C(=O)N1CCC(OCc2ccccc2)CC1. The summed E-state index contributed by atoms with van der Waals surface area (Å²) in [7, 11) is 0. The van der Waals surface area contributed by atoms with Crippen molar-refractivity contribution < 1.29 is 9.53 Å². The van der Waals surface area contributed by atoms with E-state index < -0.39 is 0 Å². The van der Waals surface area contributed by atoms with Gasteiger partial charge >= 0.3 is 0 Å². The third kappa shape index (κ3) is 3.94. The zero-order chi connectivity index (χ0) is 16.9. The highest BCUT2D eigenvalue weighted by molar-refractivity contribution is 7.17. The van der Waals surface area contributed by atoms with E-state index in [1.54, 1.807) is 0 Å². The molecule has 0 atom stereocenters.